The molecule has 186 valence electrons. The molecule has 0 radical (unpaired) electrons. The van der Waals surface area contributed by atoms with Gasteiger partial charge in [0.1, 0.15) is 5.41 Å². The van der Waals surface area contributed by atoms with E-state index in [1.807, 2.05) is 66.7 Å². The molecule has 1 N–H and O–H groups in total. The number of hydrogen-bond donors (Lipinski definition) is 1. The number of fused-ring (bicyclic) bond motifs is 1. The number of amides is 1. The molecule has 0 fully saturated rings. The second-order valence-electron chi connectivity index (χ2n) is 9.32. The molecule has 0 bridgehead atoms. The van der Waals surface area contributed by atoms with Gasteiger partial charge in [-0.05, 0) is 54.3 Å². The molecule has 0 spiro atoms. The lowest BCUT2D eigenvalue weighted by atomic mass is 9.80. The average Bonchev–Trinajstić information content (AvgIpc) is 3.00. The molecule has 39 heavy (non-hydrogen) atoms. The molecule has 0 unspecified atom stereocenters. The minimum Gasteiger partial charge on any atom is -0.324 e. The van der Waals surface area contributed by atoms with Crippen LogP contribution in [0.2, 0.25) is 0 Å². The summed E-state index contributed by atoms with van der Waals surface area (Å²) in [6.07, 6.45) is 0. The molecule has 1 atom stereocenters. The number of benzene rings is 5. The Balaban J connectivity index is 1.58. The van der Waals surface area contributed by atoms with Crippen LogP contribution >= 0.6 is 0 Å². The maximum Gasteiger partial charge on any atom is 0.246 e. The molecule has 0 saturated carbocycles. The van der Waals surface area contributed by atoms with Gasteiger partial charge in [0.25, 0.3) is 0 Å². The van der Waals surface area contributed by atoms with Crippen LogP contribution in [0.4, 0.5) is 5.69 Å². The number of nitrogens with one attached hydrogen (secondary N) is 1. The largest absolute Gasteiger partial charge is 0.324 e. The van der Waals surface area contributed by atoms with Gasteiger partial charge in [-0.15, -0.1) is 0 Å². The fourth-order valence-corrected chi connectivity index (χ4v) is 4.39. The Morgan fingerprint density at radius 2 is 1.36 bits per heavy atom. The Morgan fingerprint density at radius 3 is 2.13 bits per heavy atom. The SMILES string of the molecule is C[C@](C#Cc1ccc(C#N)cc1)(C(=O)Nc1cccc2ccccc12)c1cccc(C(=O)c2ccccc2)c1. The highest BCUT2D eigenvalue weighted by molar-refractivity contribution is 6.10. The van der Waals surface area contributed by atoms with Gasteiger partial charge in [-0.2, -0.15) is 5.26 Å². The maximum absolute atomic E-state index is 14.0. The summed E-state index contributed by atoms with van der Waals surface area (Å²) in [5.41, 5.74) is 2.24. The van der Waals surface area contributed by atoms with Gasteiger partial charge in [-0.3, -0.25) is 9.59 Å². The fraction of sp³-hybridized carbons (Fsp3) is 0.0571. The molecule has 4 heteroatoms. The lowest BCUT2D eigenvalue weighted by molar-refractivity contribution is -0.119. The molecular weight excluding hydrogens is 480 g/mol. The van der Waals surface area contributed by atoms with Crippen molar-refractivity contribution in [1.82, 2.24) is 0 Å². The van der Waals surface area contributed by atoms with Crippen molar-refractivity contribution in [1.29, 1.82) is 5.26 Å². The van der Waals surface area contributed by atoms with E-state index >= 15 is 0 Å². The summed E-state index contributed by atoms with van der Waals surface area (Å²) in [5.74, 6) is 5.85. The van der Waals surface area contributed by atoms with E-state index in [-0.39, 0.29) is 11.7 Å². The lowest BCUT2D eigenvalue weighted by Crippen LogP contribution is -2.36. The van der Waals surface area contributed by atoms with E-state index in [0.29, 0.717) is 33.5 Å². The van der Waals surface area contributed by atoms with Crippen LogP contribution in [-0.2, 0) is 10.2 Å². The van der Waals surface area contributed by atoms with Crippen molar-refractivity contribution < 1.29 is 9.59 Å². The van der Waals surface area contributed by atoms with Crippen LogP contribution in [0, 0.1) is 23.2 Å². The number of carbonyl (C=O) groups is 2. The average molecular weight is 505 g/mol. The van der Waals surface area contributed by atoms with E-state index in [9.17, 15) is 9.59 Å². The van der Waals surface area contributed by atoms with E-state index in [1.54, 1.807) is 61.5 Å². The number of anilines is 1. The highest BCUT2D eigenvalue weighted by Crippen LogP contribution is 2.30. The molecule has 5 rings (SSSR count). The van der Waals surface area contributed by atoms with Gasteiger partial charge in [0, 0.05) is 27.8 Å². The molecule has 0 aliphatic carbocycles. The van der Waals surface area contributed by atoms with Crippen LogP contribution < -0.4 is 5.32 Å². The summed E-state index contributed by atoms with van der Waals surface area (Å²) in [4.78, 5) is 27.2. The van der Waals surface area contributed by atoms with E-state index in [4.69, 9.17) is 5.26 Å². The van der Waals surface area contributed by atoms with Gasteiger partial charge in [0.05, 0.1) is 11.6 Å². The smallest absolute Gasteiger partial charge is 0.246 e. The second-order valence-corrected chi connectivity index (χ2v) is 9.32. The van der Waals surface area contributed by atoms with Gasteiger partial charge in [0.2, 0.25) is 5.91 Å². The van der Waals surface area contributed by atoms with Crippen molar-refractivity contribution in [2.24, 2.45) is 0 Å². The Hall–Kier alpha value is -5.45. The molecule has 5 aromatic rings. The quantitative estimate of drug-likeness (QED) is 0.209. The highest BCUT2D eigenvalue weighted by Gasteiger charge is 2.34. The predicted octanol–water partition coefficient (Wildman–Crippen LogP) is 6.89. The van der Waals surface area contributed by atoms with Crippen LogP contribution in [0.15, 0.2) is 121 Å². The molecular formula is C35H24N2O2. The zero-order chi connectivity index (χ0) is 27.2. The first-order valence-corrected chi connectivity index (χ1v) is 12.5. The number of nitrogens with zero attached hydrogens (tertiary/aromatic N) is 1. The fourth-order valence-electron chi connectivity index (χ4n) is 4.39. The molecule has 5 aromatic carbocycles. The Bertz CT molecular complexity index is 1780. The third-order valence-corrected chi connectivity index (χ3v) is 6.70. The van der Waals surface area contributed by atoms with Crippen molar-refractivity contribution >= 4 is 28.2 Å². The number of rotatable bonds is 5. The minimum absolute atomic E-state index is 0.130. The maximum atomic E-state index is 14.0. The zero-order valence-electron chi connectivity index (χ0n) is 21.3. The van der Waals surface area contributed by atoms with Crippen LogP contribution in [0.3, 0.4) is 0 Å². The van der Waals surface area contributed by atoms with Crippen LogP contribution in [0.25, 0.3) is 10.8 Å². The first-order chi connectivity index (χ1) is 19.0. The number of hydrogen-bond acceptors (Lipinski definition) is 3. The van der Waals surface area contributed by atoms with Crippen molar-refractivity contribution in [3.05, 3.63) is 149 Å². The van der Waals surface area contributed by atoms with Gasteiger partial charge in [-0.1, -0.05) is 96.8 Å². The summed E-state index contributed by atoms with van der Waals surface area (Å²) < 4.78 is 0. The van der Waals surface area contributed by atoms with Crippen LogP contribution in [-0.4, -0.2) is 11.7 Å². The topological polar surface area (TPSA) is 70.0 Å². The lowest BCUT2D eigenvalue weighted by Gasteiger charge is -2.24. The standard InChI is InChI=1S/C35H24N2O2/c1-35(22-21-25-17-19-26(24-36)20-18-25,34(39)37-32-16-8-12-27-9-5-6-15-31(27)32)30-14-7-13-29(23-30)33(38)28-10-3-2-4-11-28/h2-20,23H,1H3,(H,37,39)/t35-/m1/s1. The zero-order valence-corrected chi connectivity index (χ0v) is 21.3. The van der Waals surface area contributed by atoms with Crippen LogP contribution in [0.5, 0.6) is 0 Å². The summed E-state index contributed by atoms with van der Waals surface area (Å²) in [7, 11) is 0. The number of ketones is 1. The van der Waals surface area contributed by atoms with E-state index in [0.717, 1.165) is 10.8 Å². The predicted molar refractivity (Wildman–Crippen MR) is 154 cm³/mol. The van der Waals surface area contributed by atoms with Gasteiger partial charge < -0.3 is 5.32 Å². The van der Waals surface area contributed by atoms with Crippen molar-refractivity contribution in [2.45, 2.75) is 12.3 Å². The molecule has 4 nitrogen and oxygen atoms in total. The van der Waals surface area contributed by atoms with E-state index in [2.05, 4.69) is 23.2 Å². The third kappa shape index (κ3) is 5.32. The normalized spacial score (nSPS) is 11.9. The van der Waals surface area contributed by atoms with Gasteiger partial charge in [0.15, 0.2) is 5.78 Å². The van der Waals surface area contributed by atoms with Crippen molar-refractivity contribution in [2.75, 3.05) is 5.32 Å². The summed E-state index contributed by atoms with van der Waals surface area (Å²) in [5, 5.41) is 14.1. The minimum atomic E-state index is -1.29. The number of carbonyl (C=O) groups excluding carboxylic acids is 2. The van der Waals surface area contributed by atoms with E-state index in [1.165, 1.54) is 0 Å². The Labute approximate surface area is 227 Å². The van der Waals surface area contributed by atoms with Gasteiger partial charge >= 0.3 is 0 Å². The van der Waals surface area contributed by atoms with Crippen molar-refractivity contribution in [3.8, 4) is 17.9 Å². The number of nitriles is 1. The van der Waals surface area contributed by atoms with Crippen LogP contribution in [0.1, 0.15) is 39.5 Å². The first-order valence-electron chi connectivity index (χ1n) is 12.5. The third-order valence-electron chi connectivity index (χ3n) is 6.70. The molecule has 0 aliphatic heterocycles. The monoisotopic (exact) mass is 504 g/mol. The molecule has 0 aromatic heterocycles. The summed E-state index contributed by atoms with van der Waals surface area (Å²) >= 11 is 0. The Morgan fingerprint density at radius 1 is 0.718 bits per heavy atom. The van der Waals surface area contributed by atoms with Crippen molar-refractivity contribution in [3.63, 3.8) is 0 Å². The van der Waals surface area contributed by atoms with Gasteiger partial charge in [-0.25, -0.2) is 0 Å². The first kappa shape index (κ1) is 25.2. The highest BCUT2D eigenvalue weighted by atomic mass is 16.2. The Kier molecular flexibility index (Phi) is 7.04. The molecule has 0 heterocycles. The summed E-state index contributed by atoms with van der Waals surface area (Å²) in [6.45, 7) is 1.76. The van der Waals surface area contributed by atoms with E-state index < -0.39 is 5.41 Å². The molecule has 0 aliphatic rings. The second kappa shape index (κ2) is 10.9. The summed E-state index contributed by atoms with van der Waals surface area (Å²) in [6, 6.07) is 38.7. The molecule has 1 amide bonds. The molecule has 0 saturated heterocycles.